The molecule has 0 aliphatic rings. The molecule has 1 atom stereocenters. The quantitative estimate of drug-likeness (QED) is 0.874. The Morgan fingerprint density at radius 2 is 1.75 bits per heavy atom. The van der Waals surface area contributed by atoms with Crippen molar-refractivity contribution in [3.05, 3.63) is 59.9 Å². The molecule has 1 N–H and O–H groups in total. The van der Waals surface area contributed by atoms with Gasteiger partial charge in [-0.15, -0.1) is 0 Å². The minimum Gasteiger partial charge on any atom is -0.496 e. The van der Waals surface area contributed by atoms with Crippen LogP contribution in [0.2, 0.25) is 0 Å². The van der Waals surface area contributed by atoms with Crippen molar-refractivity contribution in [2.75, 3.05) is 7.11 Å². The highest BCUT2D eigenvalue weighted by Gasteiger charge is 2.31. The fourth-order valence-corrected chi connectivity index (χ4v) is 2.32. The van der Waals surface area contributed by atoms with Crippen molar-refractivity contribution in [1.29, 1.82) is 0 Å². The molecule has 2 rings (SSSR count). The molecule has 0 radical (unpaired) electrons. The Hall–Kier alpha value is -2.56. The second-order valence-corrected chi connectivity index (χ2v) is 6.00. The Kier molecular flexibility index (Phi) is 5.44. The molecule has 0 aromatic heterocycles. The molecular weight excluding hydrogens is 309 g/mol. The van der Waals surface area contributed by atoms with Crippen LogP contribution in [0.1, 0.15) is 32.4 Å². The van der Waals surface area contributed by atoms with Crippen LogP contribution in [0.5, 0.6) is 11.5 Å². The largest absolute Gasteiger partial charge is 0.496 e. The molecule has 0 saturated heterocycles. The van der Waals surface area contributed by atoms with Crippen LogP contribution >= 0.6 is 0 Å². The molecular formula is C19H22FNO3. The Labute approximate surface area is 141 Å². The van der Waals surface area contributed by atoms with Gasteiger partial charge in [0.2, 0.25) is 0 Å². The van der Waals surface area contributed by atoms with Crippen LogP contribution in [0, 0.1) is 5.82 Å². The van der Waals surface area contributed by atoms with Crippen molar-refractivity contribution in [3.8, 4) is 11.5 Å². The molecule has 4 nitrogen and oxygen atoms in total. The Bertz CT molecular complexity index is 698. The smallest absolute Gasteiger partial charge is 0.264 e. The normalized spacial score (nSPS) is 12.4. The van der Waals surface area contributed by atoms with E-state index in [-0.39, 0.29) is 17.8 Å². The SMILES string of the molecule is COc1ccccc1C(C)NC(=O)C(C)(C)Oc1ccc(F)cc1. The molecule has 1 unspecified atom stereocenters. The zero-order chi connectivity index (χ0) is 17.7. The van der Waals surface area contributed by atoms with E-state index in [9.17, 15) is 9.18 Å². The van der Waals surface area contributed by atoms with Gasteiger partial charge in [-0.25, -0.2) is 4.39 Å². The van der Waals surface area contributed by atoms with E-state index in [0.29, 0.717) is 11.5 Å². The number of hydrogen-bond donors (Lipinski definition) is 1. The van der Waals surface area contributed by atoms with Crippen molar-refractivity contribution < 1.29 is 18.7 Å². The summed E-state index contributed by atoms with van der Waals surface area (Å²) in [5.74, 6) is 0.517. The number of para-hydroxylation sites is 1. The predicted molar refractivity (Wildman–Crippen MR) is 90.7 cm³/mol. The average Bonchev–Trinajstić information content (AvgIpc) is 2.56. The van der Waals surface area contributed by atoms with Crippen molar-refractivity contribution in [3.63, 3.8) is 0 Å². The summed E-state index contributed by atoms with van der Waals surface area (Å²) in [6.07, 6.45) is 0. The second-order valence-electron chi connectivity index (χ2n) is 6.00. The van der Waals surface area contributed by atoms with Gasteiger partial charge in [-0.2, -0.15) is 0 Å². The van der Waals surface area contributed by atoms with E-state index in [2.05, 4.69) is 5.32 Å². The van der Waals surface area contributed by atoms with Gasteiger partial charge in [0.25, 0.3) is 5.91 Å². The molecule has 0 spiro atoms. The third-order valence-electron chi connectivity index (χ3n) is 3.69. The molecule has 2 aromatic carbocycles. The Morgan fingerprint density at radius 1 is 1.12 bits per heavy atom. The summed E-state index contributed by atoms with van der Waals surface area (Å²) in [6.45, 7) is 5.21. The van der Waals surface area contributed by atoms with E-state index in [1.54, 1.807) is 21.0 Å². The molecule has 0 fully saturated rings. The van der Waals surface area contributed by atoms with Crippen LogP contribution in [0.15, 0.2) is 48.5 Å². The molecule has 2 aromatic rings. The summed E-state index contributed by atoms with van der Waals surface area (Å²) >= 11 is 0. The maximum atomic E-state index is 13.0. The van der Waals surface area contributed by atoms with E-state index in [0.717, 1.165) is 5.56 Å². The number of carbonyl (C=O) groups is 1. The van der Waals surface area contributed by atoms with Crippen molar-refractivity contribution in [2.45, 2.75) is 32.4 Å². The third-order valence-corrected chi connectivity index (χ3v) is 3.69. The van der Waals surface area contributed by atoms with Crippen LogP contribution in [-0.4, -0.2) is 18.6 Å². The van der Waals surface area contributed by atoms with E-state index in [1.807, 2.05) is 31.2 Å². The van der Waals surface area contributed by atoms with Crippen molar-refractivity contribution >= 4 is 5.91 Å². The van der Waals surface area contributed by atoms with Crippen LogP contribution in [0.4, 0.5) is 4.39 Å². The number of amides is 1. The number of benzene rings is 2. The van der Waals surface area contributed by atoms with Gasteiger partial charge in [-0.05, 0) is 51.1 Å². The summed E-state index contributed by atoms with van der Waals surface area (Å²) in [7, 11) is 1.59. The zero-order valence-electron chi connectivity index (χ0n) is 14.3. The van der Waals surface area contributed by atoms with Gasteiger partial charge in [0.1, 0.15) is 17.3 Å². The maximum Gasteiger partial charge on any atom is 0.264 e. The number of nitrogens with one attached hydrogen (secondary N) is 1. The fourth-order valence-electron chi connectivity index (χ4n) is 2.32. The van der Waals surface area contributed by atoms with E-state index in [1.165, 1.54) is 24.3 Å². The molecule has 128 valence electrons. The first kappa shape index (κ1) is 17.8. The van der Waals surface area contributed by atoms with E-state index >= 15 is 0 Å². The maximum absolute atomic E-state index is 13.0. The standard InChI is InChI=1S/C19H22FNO3/c1-13(16-7-5-6-8-17(16)23-4)21-18(22)19(2,3)24-15-11-9-14(20)10-12-15/h5-13H,1-4H3,(H,21,22). The molecule has 0 saturated carbocycles. The van der Waals surface area contributed by atoms with Gasteiger partial charge in [0.15, 0.2) is 5.60 Å². The molecule has 0 heterocycles. The van der Waals surface area contributed by atoms with E-state index < -0.39 is 5.60 Å². The fraction of sp³-hybridized carbons (Fsp3) is 0.316. The van der Waals surface area contributed by atoms with Gasteiger partial charge in [-0.3, -0.25) is 4.79 Å². The lowest BCUT2D eigenvalue weighted by atomic mass is 10.0. The minimum absolute atomic E-state index is 0.246. The second kappa shape index (κ2) is 7.34. The molecule has 5 heteroatoms. The number of carbonyl (C=O) groups excluding carboxylic acids is 1. The summed E-state index contributed by atoms with van der Waals surface area (Å²) < 4.78 is 24.0. The lowest BCUT2D eigenvalue weighted by Crippen LogP contribution is -2.47. The molecule has 24 heavy (non-hydrogen) atoms. The van der Waals surface area contributed by atoms with Crippen LogP contribution in [0.3, 0.4) is 0 Å². The lowest BCUT2D eigenvalue weighted by molar-refractivity contribution is -0.134. The van der Waals surface area contributed by atoms with Crippen LogP contribution in [-0.2, 0) is 4.79 Å². The number of methoxy groups -OCH3 is 1. The topological polar surface area (TPSA) is 47.6 Å². The molecule has 0 bridgehead atoms. The number of ether oxygens (including phenoxy) is 2. The van der Waals surface area contributed by atoms with Crippen LogP contribution in [0.25, 0.3) is 0 Å². The van der Waals surface area contributed by atoms with Gasteiger partial charge in [-0.1, -0.05) is 18.2 Å². The first-order valence-corrected chi connectivity index (χ1v) is 7.72. The predicted octanol–water partition coefficient (Wildman–Crippen LogP) is 3.87. The number of halogens is 1. The number of hydrogen-bond acceptors (Lipinski definition) is 3. The summed E-state index contributed by atoms with van der Waals surface area (Å²) in [6, 6.07) is 12.8. The van der Waals surface area contributed by atoms with Gasteiger partial charge >= 0.3 is 0 Å². The Balaban J connectivity index is 2.08. The third kappa shape index (κ3) is 4.25. The van der Waals surface area contributed by atoms with Gasteiger partial charge in [0.05, 0.1) is 13.2 Å². The lowest BCUT2D eigenvalue weighted by Gasteiger charge is -2.27. The molecule has 0 aliphatic heterocycles. The summed E-state index contributed by atoms with van der Waals surface area (Å²) in [5, 5.41) is 2.92. The van der Waals surface area contributed by atoms with Crippen molar-refractivity contribution in [1.82, 2.24) is 5.32 Å². The van der Waals surface area contributed by atoms with Crippen molar-refractivity contribution in [2.24, 2.45) is 0 Å². The first-order valence-electron chi connectivity index (χ1n) is 7.72. The minimum atomic E-state index is -1.10. The first-order chi connectivity index (χ1) is 11.3. The molecule has 0 aliphatic carbocycles. The Morgan fingerprint density at radius 3 is 2.38 bits per heavy atom. The highest BCUT2D eigenvalue weighted by molar-refractivity contribution is 5.85. The zero-order valence-corrected chi connectivity index (χ0v) is 14.3. The van der Waals surface area contributed by atoms with Gasteiger partial charge in [0, 0.05) is 5.56 Å². The average molecular weight is 331 g/mol. The van der Waals surface area contributed by atoms with Gasteiger partial charge < -0.3 is 14.8 Å². The van der Waals surface area contributed by atoms with Crippen LogP contribution < -0.4 is 14.8 Å². The number of rotatable bonds is 6. The van der Waals surface area contributed by atoms with E-state index in [4.69, 9.17) is 9.47 Å². The summed E-state index contributed by atoms with van der Waals surface area (Å²) in [4.78, 5) is 12.6. The monoisotopic (exact) mass is 331 g/mol. The molecule has 1 amide bonds. The highest BCUT2D eigenvalue weighted by atomic mass is 19.1. The summed E-state index contributed by atoms with van der Waals surface area (Å²) in [5.41, 5.74) is -0.223. The highest BCUT2D eigenvalue weighted by Crippen LogP contribution is 2.25.